The van der Waals surface area contributed by atoms with Gasteiger partial charge in [-0.1, -0.05) is 25.5 Å². The predicted octanol–water partition coefficient (Wildman–Crippen LogP) is 3.72. The van der Waals surface area contributed by atoms with Gasteiger partial charge in [0.25, 0.3) is 0 Å². The summed E-state index contributed by atoms with van der Waals surface area (Å²) in [6.45, 7) is 5.79. The monoisotopic (exact) mass is 281 g/mol. The Labute approximate surface area is 122 Å². The van der Waals surface area contributed by atoms with Gasteiger partial charge in [0.1, 0.15) is 5.75 Å². The van der Waals surface area contributed by atoms with Gasteiger partial charge in [0, 0.05) is 17.5 Å². The molecule has 0 spiro atoms. The number of nitrogens with zero attached hydrogens (tertiary/aromatic N) is 1. The molecule has 1 aliphatic heterocycles. The van der Waals surface area contributed by atoms with Gasteiger partial charge in [-0.3, -0.25) is 4.90 Å². The minimum Gasteiger partial charge on any atom is -0.508 e. The van der Waals surface area contributed by atoms with Crippen molar-refractivity contribution >= 4 is 12.4 Å². The lowest BCUT2D eigenvalue weighted by atomic mass is 9.67. The van der Waals surface area contributed by atoms with Crippen molar-refractivity contribution < 1.29 is 5.11 Å². The Balaban J connectivity index is 0.00000133. The average Bonchev–Trinajstić information content (AvgIpc) is 2.58. The van der Waals surface area contributed by atoms with Crippen LogP contribution in [0.15, 0.2) is 24.3 Å². The first-order valence-corrected chi connectivity index (χ1v) is 7.22. The van der Waals surface area contributed by atoms with Crippen LogP contribution in [0, 0.1) is 0 Å². The van der Waals surface area contributed by atoms with Gasteiger partial charge in [-0.25, -0.2) is 0 Å². The lowest BCUT2D eigenvalue weighted by Gasteiger charge is -2.36. The molecular weight excluding hydrogens is 258 g/mol. The van der Waals surface area contributed by atoms with Crippen molar-refractivity contribution in [3.8, 4) is 5.75 Å². The van der Waals surface area contributed by atoms with Crippen molar-refractivity contribution in [1.82, 2.24) is 4.90 Å². The van der Waals surface area contributed by atoms with Crippen LogP contribution in [-0.4, -0.2) is 28.6 Å². The Kier molecular flexibility index (Phi) is 4.12. The Morgan fingerprint density at radius 2 is 2.21 bits per heavy atom. The summed E-state index contributed by atoms with van der Waals surface area (Å²) in [5.74, 6) is 0.408. The van der Waals surface area contributed by atoms with Gasteiger partial charge in [0.2, 0.25) is 0 Å². The van der Waals surface area contributed by atoms with Crippen LogP contribution in [0.4, 0.5) is 0 Å². The molecule has 1 saturated heterocycles. The van der Waals surface area contributed by atoms with Crippen molar-refractivity contribution in [2.24, 2.45) is 0 Å². The molecule has 1 heterocycles. The highest BCUT2D eigenvalue weighted by atomic mass is 35.5. The van der Waals surface area contributed by atoms with E-state index in [0.717, 1.165) is 12.6 Å². The number of aromatic hydroxyl groups is 1. The number of likely N-dealkylation sites (tertiary alicyclic amines) is 1. The second kappa shape index (κ2) is 5.34. The Hall–Kier alpha value is -0.730. The van der Waals surface area contributed by atoms with E-state index in [9.17, 15) is 5.11 Å². The second-order valence-electron chi connectivity index (χ2n) is 5.96. The summed E-state index contributed by atoms with van der Waals surface area (Å²) in [5.41, 5.74) is 1.62. The third kappa shape index (κ3) is 2.15. The van der Waals surface area contributed by atoms with Gasteiger partial charge in [-0.15, -0.1) is 12.4 Å². The van der Waals surface area contributed by atoms with E-state index < -0.39 is 0 Å². The molecule has 19 heavy (non-hydrogen) atoms. The van der Waals surface area contributed by atoms with Gasteiger partial charge in [-0.05, 0) is 50.4 Å². The minimum absolute atomic E-state index is 0. The maximum atomic E-state index is 9.76. The smallest absolute Gasteiger partial charge is 0.115 e. The fraction of sp³-hybridized carbons (Fsp3) is 0.625. The van der Waals surface area contributed by atoms with Gasteiger partial charge in [0.15, 0.2) is 0 Å². The number of fused-ring (bicyclic) bond motifs is 2. The molecule has 3 atom stereocenters. The summed E-state index contributed by atoms with van der Waals surface area (Å²) in [7, 11) is 0. The molecule has 2 fully saturated rings. The minimum atomic E-state index is 0. The van der Waals surface area contributed by atoms with Crippen LogP contribution in [-0.2, 0) is 5.41 Å². The van der Waals surface area contributed by atoms with E-state index in [1.807, 2.05) is 12.1 Å². The van der Waals surface area contributed by atoms with Crippen LogP contribution in [0.3, 0.4) is 0 Å². The second-order valence-corrected chi connectivity index (χ2v) is 5.96. The van der Waals surface area contributed by atoms with Crippen LogP contribution in [0.25, 0.3) is 0 Å². The Morgan fingerprint density at radius 3 is 2.89 bits per heavy atom. The average molecular weight is 282 g/mol. The molecule has 3 unspecified atom stereocenters. The number of likely N-dealkylation sites (N-methyl/N-ethyl adjacent to an activating group) is 1. The summed E-state index contributed by atoms with van der Waals surface area (Å²) < 4.78 is 0. The van der Waals surface area contributed by atoms with Crippen molar-refractivity contribution in [3.05, 3.63) is 29.8 Å². The summed E-state index contributed by atoms with van der Waals surface area (Å²) in [5, 5.41) is 9.76. The summed E-state index contributed by atoms with van der Waals surface area (Å²) >= 11 is 0. The topological polar surface area (TPSA) is 23.5 Å². The quantitative estimate of drug-likeness (QED) is 0.893. The van der Waals surface area contributed by atoms with Crippen molar-refractivity contribution in [3.63, 3.8) is 0 Å². The highest BCUT2D eigenvalue weighted by molar-refractivity contribution is 5.85. The maximum Gasteiger partial charge on any atom is 0.115 e. The summed E-state index contributed by atoms with van der Waals surface area (Å²) in [6.07, 6.45) is 5.20. The molecule has 1 N–H and O–H groups in total. The molecule has 0 radical (unpaired) electrons. The maximum absolute atomic E-state index is 9.76. The molecule has 3 rings (SSSR count). The van der Waals surface area contributed by atoms with E-state index in [2.05, 4.69) is 24.8 Å². The molecule has 1 aliphatic carbocycles. The highest BCUT2D eigenvalue weighted by Crippen LogP contribution is 2.51. The molecule has 0 amide bonds. The van der Waals surface area contributed by atoms with Crippen LogP contribution in [0.2, 0.25) is 0 Å². The van der Waals surface area contributed by atoms with E-state index in [1.165, 1.54) is 31.2 Å². The number of hydrogen-bond donors (Lipinski definition) is 1. The lowest BCUT2D eigenvalue weighted by molar-refractivity contribution is 0.202. The molecule has 2 aliphatic rings. The van der Waals surface area contributed by atoms with Crippen LogP contribution >= 0.6 is 12.4 Å². The lowest BCUT2D eigenvalue weighted by Crippen LogP contribution is -2.40. The van der Waals surface area contributed by atoms with E-state index in [0.29, 0.717) is 11.8 Å². The third-order valence-electron chi connectivity index (χ3n) is 5.31. The van der Waals surface area contributed by atoms with Gasteiger partial charge in [-0.2, -0.15) is 0 Å². The molecule has 1 aromatic rings. The number of phenolic OH excluding ortho intramolecular Hbond substituents is 1. The van der Waals surface area contributed by atoms with Crippen molar-refractivity contribution in [2.45, 2.75) is 57.0 Å². The normalized spacial score (nSPS) is 34.0. The Bertz CT molecular complexity index is 450. The molecule has 3 heteroatoms. The number of benzene rings is 1. The van der Waals surface area contributed by atoms with E-state index in [1.54, 1.807) is 6.07 Å². The zero-order valence-electron chi connectivity index (χ0n) is 11.8. The Morgan fingerprint density at radius 1 is 1.42 bits per heavy atom. The summed E-state index contributed by atoms with van der Waals surface area (Å²) in [6, 6.07) is 9.30. The van der Waals surface area contributed by atoms with E-state index in [4.69, 9.17) is 0 Å². The summed E-state index contributed by atoms with van der Waals surface area (Å²) in [4.78, 5) is 2.66. The van der Waals surface area contributed by atoms with E-state index in [-0.39, 0.29) is 17.8 Å². The molecule has 106 valence electrons. The fourth-order valence-electron chi connectivity index (χ4n) is 4.42. The highest BCUT2D eigenvalue weighted by Gasteiger charge is 2.52. The van der Waals surface area contributed by atoms with Gasteiger partial charge in [0.05, 0.1) is 0 Å². The largest absolute Gasteiger partial charge is 0.508 e. The molecule has 2 bridgehead atoms. The van der Waals surface area contributed by atoms with Crippen molar-refractivity contribution in [1.29, 1.82) is 0 Å². The van der Waals surface area contributed by atoms with Gasteiger partial charge >= 0.3 is 0 Å². The molecular formula is C16H24ClNO. The number of rotatable bonds is 2. The number of hydrogen-bond acceptors (Lipinski definition) is 2. The van der Waals surface area contributed by atoms with E-state index >= 15 is 0 Å². The zero-order chi connectivity index (χ0) is 12.8. The standard InChI is InChI=1S/C16H23NO.ClH/c1-3-17-12(2)16(9-5-7-14(17)11-16)13-6-4-8-15(18)10-13;/h4,6,8,10,12,14,18H,3,5,7,9,11H2,1-2H3;1H. The van der Waals surface area contributed by atoms with Crippen LogP contribution < -0.4 is 0 Å². The zero-order valence-corrected chi connectivity index (χ0v) is 12.6. The molecule has 0 aromatic heterocycles. The number of halogens is 1. The molecule has 2 nitrogen and oxygen atoms in total. The first kappa shape index (κ1) is 14.7. The first-order chi connectivity index (χ1) is 8.67. The third-order valence-corrected chi connectivity index (χ3v) is 5.31. The molecule has 1 saturated carbocycles. The van der Waals surface area contributed by atoms with Crippen LogP contribution in [0.5, 0.6) is 5.75 Å². The molecule has 1 aromatic carbocycles. The fourth-order valence-corrected chi connectivity index (χ4v) is 4.42. The predicted molar refractivity (Wildman–Crippen MR) is 81.1 cm³/mol. The SMILES string of the molecule is CCN1C2CCCC(c3cccc(O)c3)(C2)C1C.Cl. The first-order valence-electron chi connectivity index (χ1n) is 7.22. The number of phenols is 1. The van der Waals surface area contributed by atoms with Gasteiger partial charge < -0.3 is 5.11 Å². The van der Waals surface area contributed by atoms with Crippen LogP contribution in [0.1, 0.15) is 45.1 Å². The van der Waals surface area contributed by atoms with Crippen molar-refractivity contribution in [2.75, 3.05) is 6.54 Å².